The molecule has 1 amide bonds. The largest absolute Gasteiger partial charge is 0.480 e. The number of rotatable bonds is 6. The Balaban J connectivity index is 2.70. The highest BCUT2D eigenvalue weighted by Crippen LogP contribution is 2.16. The summed E-state index contributed by atoms with van der Waals surface area (Å²) in [5.41, 5.74) is 6.71. The van der Waals surface area contributed by atoms with Crippen LogP contribution in [0.4, 0.5) is 5.69 Å². The van der Waals surface area contributed by atoms with Gasteiger partial charge >= 0.3 is 5.97 Å². The number of nitrogens with one attached hydrogen (secondary N) is 1. The molecule has 0 aliphatic rings. The second-order valence-electron chi connectivity index (χ2n) is 3.86. The Bertz CT molecular complexity index is 418. The summed E-state index contributed by atoms with van der Waals surface area (Å²) in [4.78, 5) is 21.7. The Morgan fingerprint density at radius 1 is 1.41 bits per heavy atom. The van der Waals surface area contributed by atoms with Gasteiger partial charge in [-0.05, 0) is 25.0 Å². The van der Waals surface area contributed by atoms with E-state index < -0.39 is 17.9 Å². The van der Waals surface area contributed by atoms with Gasteiger partial charge in [0, 0.05) is 12.1 Å². The van der Waals surface area contributed by atoms with E-state index in [1.165, 1.54) is 0 Å². The van der Waals surface area contributed by atoms with Crippen molar-refractivity contribution in [3.8, 4) is 0 Å². The number of amides is 1. The van der Waals surface area contributed by atoms with Crippen LogP contribution >= 0.6 is 0 Å². The molecule has 1 rings (SSSR count). The molecule has 0 bridgehead atoms. The van der Waals surface area contributed by atoms with Crippen LogP contribution in [-0.2, 0) is 9.59 Å². The second-order valence-corrected chi connectivity index (χ2v) is 3.86. The molecule has 0 saturated heterocycles. The lowest BCUT2D eigenvalue weighted by molar-refractivity contribution is -0.138. The molecule has 5 nitrogen and oxygen atoms in total. The third-order valence-electron chi connectivity index (χ3n) is 2.45. The number of benzene rings is 1. The minimum atomic E-state index is -0.991. The number of nitrogens with two attached hydrogens (primary N) is 1. The lowest BCUT2D eigenvalue weighted by atomic mass is 10.1. The average Bonchev–Trinajstić information content (AvgIpc) is 2.25. The topological polar surface area (TPSA) is 92.4 Å². The number of para-hydroxylation sites is 1. The molecule has 17 heavy (non-hydrogen) atoms. The number of carbonyl (C=O) groups excluding carboxylic acids is 1. The van der Waals surface area contributed by atoms with Gasteiger partial charge in [0.2, 0.25) is 5.91 Å². The van der Waals surface area contributed by atoms with Gasteiger partial charge in [0.05, 0.1) is 0 Å². The van der Waals surface area contributed by atoms with Crippen molar-refractivity contribution in [2.75, 3.05) is 5.32 Å². The van der Waals surface area contributed by atoms with Crippen LogP contribution in [0, 0.1) is 6.92 Å². The molecule has 0 heterocycles. The normalized spacial score (nSPS) is 11.8. The summed E-state index contributed by atoms with van der Waals surface area (Å²) < 4.78 is 0. The van der Waals surface area contributed by atoms with Gasteiger partial charge in [0.1, 0.15) is 6.04 Å². The highest BCUT2D eigenvalue weighted by atomic mass is 16.4. The molecular weight excluding hydrogens is 220 g/mol. The monoisotopic (exact) mass is 236 g/mol. The van der Waals surface area contributed by atoms with E-state index in [0.717, 1.165) is 11.3 Å². The SMILES string of the molecule is Cc1ccccc1NC(CCC(N)=O)C(=O)O. The van der Waals surface area contributed by atoms with Crippen LogP contribution in [0.2, 0.25) is 0 Å². The number of aliphatic carboxylic acids is 1. The molecule has 0 aromatic heterocycles. The number of anilines is 1. The quantitative estimate of drug-likeness (QED) is 0.690. The van der Waals surface area contributed by atoms with Crippen LogP contribution in [0.15, 0.2) is 24.3 Å². The second kappa shape index (κ2) is 5.89. The minimum Gasteiger partial charge on any atom is -0.480 e. The number of carboxylic acids is 1. The van der Waals surface area contributed by atoms with Crippen molar-refractivity contribution in [1.29, 1.82) is 0 Å². The van der Waals surface area contributed by atoms with Crippen molar-refractivity contribution in [3.05, 3.63) is 29.8 Å². The summed E-state index contributed by atoms with van der Waals surface area (Å²) in [6.07, 6.45) is 0.231. The Morgan fingerprint density at radius 3 is 2.59 bits per heavy atom. The van der Waals surface area contributed by atoms with E-state index in [4.69, 9.17) is 10.8 Å². The fraction of sp³-hybridized carbons (Fsp3) is 0.333. The summed E-state index contributed by atoms with van der Waals surface area (Å²) >= 11 is 0. The van der Waals surface area contributed by atoms with Gasteiger partial charge in [0.25, 0.3) is 0 Å². The van der Waals surface area contributed by atoms with E-state index in [1.54, 1.807) is 6.07 Å². The Labute approximate surface area is 99.6 Å². The zero-order valence-corrected chi connectivity index (χ0v) is 9.64. The maximum atomic E-state index is 11.0. The molecule has 0 aliphatic heterocycles. The van der Waals surface area contributed by atoms with Gasteiger partial charge in [0.15, 0.2) is 0 Å². The maximum absolute atomic E-state index is 11.0. The molecule has 0 fully saturated rings. The molecule has 1 aromatic carbocycles. The average molecular weight is 236 g/mol. The molecule has 1 unspecified atom stereocenters. The molecule has 0 aliphatic carbocycles. The summed E-state index contributed by atoms with van der Waals surface area (Å²) in [7, 11) is 0. The number of carbonyl (C=O) groups is 2. The Morgan fingerprint density at radius 2 is 2.06 bits per heavy atom. The van der Waals surface area contributed by atoms with Crippen molar-refractivity contribution < 1.29 is 14.7 Å². The fourth-order valence-corrected chi connectivity index (χ4v) is 1.47. The number of carboxylic acid groups (broad SMARTS) is 1. The summed E-state index contributed by atoms with van der Waals surface area (Å²) in [5.74, 6) is -1.49. The standard InChI is InChI=1S/C12H16N2O3/c1-8-4-2-3-5-9(8)14-10(12(16)17)6-7-11(13)15/h2-5,10,14H,6-7H2,1H3,(H2,13,15)(H,16,17). The molecule has 1 atom stereocenters. The minimum absolute atomic E-state index is 0.0514. The highest BCUT2D eigenvalue weighted by molar-refractivity contribution is 5.79. The number of primary amides is 1. The van der Waals surface area contributed by atoms with E-state index in [1.807, 2.05) is 25.1 Å². The van der Waals surface area contributed by atoms with E-state index in [9.17, 15) is 9.59 Å². The molecule has 5 heteroatoms. The van der Waals surface area contributed by atoms with Crippen molar-refractivity contribution in [3.63, 3.8) is 0 Å². The number of hydrogen-bond acceptors (Lipinski definition) is 3. The van der Waals surface area contributed by atoms with Gasteiger partial charge in [-0.15, -0.1) is 0 Å². The predicted octanol–water partition coefficient (Wildman–Crippen LogP) is 1.13. The first-order chi connectivity index (χ1) is 8.00. The lowest BCUT2D eigenvalue weighted by Crippen LogP contribution is -2.31. The fourth-order valence-electron chi connectivity index (χ4n) is 1.47. The van der Waals surface area contributed by atoms with Crippen LogP contribution in [0.25, 0.3) is 0 Å². The third kappa shape index (κ3) is 4.14. The van der Waals surface area contributed by atoms with E-state index in [0.29, 0.717) is 0 Å². The van der Waals surface area contributed by atoms with Crippen LogP contribution in [-0.4, -0.2) is 23.0 Å². The molecular formula is C12H16N2O3. The van der Waals surface area contributed by atoms with Crippen LogP contribution in [0.1, 0.15) is 18.4 Å². The summed E-state index contributed by atoms with van der Waals surface area (Å²) in [6.45, 7) is 1.88. The Kier molecular flexibility index (Phi) is 4.51. The van der Waals surface area contributed by atoms with Crippen molar-refractivity contribution in [2.24, 2.45) is 5.73 Å². The molecule has 0 spiro atoms. The molecule has 1 aromatic rings. The van der Waals surface area contributed by atoms with Crippen molar-refractivity contribution in [1.82, 2.24) is 0 Å². The first-order valence-corrected chi connectivity index (χ1v) is 5.34. The zero-order chi connectivity index (χ0) is 12.8. The van der Waals surface area contributed by atoms with Crippen molar-refractivity contribution in [2.45, 2.75) is 25.8 Å². The zero-order valence-electron chi connectivity index (χ0n) is 9.64. The van der Waals surface area contributed by atoms with Crippen molar-refractivity contribution >= 4 is 17.6 Å². The first-order valence-electron chi connectivity index (χ1n) is 5.34. The number of aryl methyl sites for hydroxylation is 1. The first kappa shape index (κ1) is 13.0. The lowest BCUT2D eigenvalue weighted by Gasteiger charge is -2.16. The van der Waals surface area contributed by atoms with E-state index >= 15 is 0 Å². The van der Waals surface area contributed by atoms with Gasteiger partial charge in [-0.25, -0.2) is 4.79 Å². The summed E-state index contributed by atoms with van der Waals surface area (Å²) in [6, 6.07) is 6.58. The molecule has 0 radical (unpaired) electrons. The van der Waals surface area contributed by atoms with Gasteiger partial charge in [-0.3, -0.25) is 4.79 Å². The van der Waals surface area contributed by atoms with Gasteiger partial charge < -0.3 is 16.2 Å². The smallest absolute Gasteiger partial charge is 0.326 e. The third-order valence-corrected chi connectivity index (χ3v) is 2.45. The summed E-state index contributed by atoms with van der Waals surface area (Å²) in [5, 5.41) is 11.9. The van der Waals surface area contributed by atoms with Crippen LogP contribution < -0.4 is 11.1 Å². The predicted molar refractivity (Wildman–Crippen MR) is 64.7 cm³/mol. The molecule has 0 saturated carbocycles. The van der Waals surface area contributed by atoms with E-state index in [2.05, 4.69) is 5.32 Å². The van der Waals surface area contributed by atoms with E-state index in [-0.39, 0.29) is 12.8 Å². The van der Waals surface area contributed by atoms with Gasteiger partial charge in [-0.2, -0.15) is 0 Å². The van der Waals surface area contributed by atoms with Gasteiger partial charge in [-0.1, -0.05) is 18.2 Å². The maximum Gasteiger partial charge on any atom is 0.326 e. The van der Waals surface area contributed by atoms with Crippen LogP contribution in [0.3, 0.4) is 0 Å². The highest BCUT2D eigenvalue weighted by Gasteiger charge is 2.18. The Hall–Kier alpha value is -2.04. The molecule has 92 valence electrons. The number of hydrogen-bond donors (Lipinski definition) is 3. The van der Waals surface area contributed by atoms with Crippen LogP contribution in [0.5, 0.6) is 0 Å². The molecule has 4 N–H and O–H groups in total.